The molecule has 1 aromatic heterocycles. The Morgan fingerprint density at radius 1 is 1.13 bits per heavy atom. The number of amides is 3. The van der Waals surface area contributed by atoms with Crippen LogP contribution in [0.3, 0.4) is 0 Å². The third-order valence-corrected chi connectivity index (χ3v) is 8.19. The lowest BCUT2D eigenvalue weighted by molar-refractivity contribution is 0.0995. The van der Waals surface area contributed by atoms with E-state index >= 15 is 0 Å². The molecule has 1 aliphatic carbocycles. The first-order valence-electron chi connectivity index (χ1n) is 10.5. The number of nitrogens with two attached hydrogens (primary N) is 1. The first-order chi connectivity index (χ1) is 14.5. The van der Waals surface area contributed by atoms with Crippen LogP contribution in [-0.4, -0.2) is 29.4 Å². The lowest BCUT2D eigenvalue weighted by Crippen LogP contribution is -2.41. The van der Waals surface area contributed by atoms with Gasteiger partial charge in [0.25, 0.3) is 5.91 Å². The number of nitrogens with zero attached hydrogens (tertiary/aromatic N) is 1. The molecule has 6 nitrogen and oxygen atoms in total. The summed E-state index contributed by atoms with van der Waals surface area (Å²) in [6, 6.07) is 7.31. The van der Waals surface area contributed by atoms with Crippen molar-refractivity contribution in [2.75, 3.05) is 17.2 Å². The average Bonchev–Trinajstić information content (AvgIpc) is 3.17. The topological polar surface area (TPSA) is 87.5 Å². The molecule has 0 spiro atoms. The molecule has 1 saturated carbocycles. The number of nitrogens with one attached hydrogen (secondary N) is 2. The molecule has 4 N–H and O–H groups in total. The van der Waals surface area contributed by atoms with Crippen LogP contribution in [0.4, 0.5) is 15.5 Å². The van der Waals surface area contributed by atoms with E-state index in [4.69, 9.17) is 17.3 Å². The Morgan fingerprint density at radius 2 is 1.90 bits per heavy atom. The first-order valence-corrected chi connectivity index (χ1v) is 11.7. The van der Waals surface area contributed by atoms with Gasteiger partial charge in [-0.3, -0.25) is 15.0 Å². The molecule has 3 amide bonds. The number of carbonyl (C=O) groups is 2. The highest BCUT2D eigenvalue weighted by atomic mass is 35.5. The summed E-state index contributed by atoms with van der Waals surface area (Å²) in [5.74, 6) is 0.342. The van der Waals surface area contributed by atoms with Gasteiger partial charge in [0, 0.05) is 34.2 Å². The van der Waals surface area contributed by atoms with Gasteiger partial charge >= 0.3 is 6.03 Å². The number of anilines is 2. The normalized spacial score (nSPS) is 23.0. The lowest BCUT2D eigenvalue weighted by Gasteiger charge is -2.39. The first kappa shape index (κ1) is 19.8. The van der Waals surface area contributed by atoms with E-state index in [0.717, 1.165) is 37.3 Å². The molecule has 2 atom stereocenters. The molecule has 1 saturated heterocycles. The molecule has 2 bridgehead atoms. The summed E-state index contributed by atoms with van der Waals surface area (Å²) in [5.41, 5.74) is 7.92. The maximum atomic E-state index is 12.6. The predicted molar refractivity (Wildman–Crippen MR) is 120 cm³/mol. The highest BCUT2D eigenvalue weighted by molar-refractivity contribution is 7.17. The summed E-state index contributed by atoms with van der Waals surface area (Å²) in [4.78, 5) is 28.7. The average molecular weight is 445 g/mol. The van der Waals surface area contributed by atoms with Crippen molar-refractivity contribution in [3.8, 4) is 0 Å². The Balaban J connectivity index is 1.38. The molecular formula is C22H25ClN4O2S. The van der Waals surface area contributed by atoms with Crippen LogP contribution < -0.4 is 16.4 Å². The Labute approximate surface area is 184 Å². The van der Waals surface area contributed by atoms with Gasteiger partial charge in [-0.15, -0.1) is 11.3 Å². The van der Waals surface area contributed by atoms with Crippen molar-refractivity contribution in [3.05, 3.63) is 45.3 Å². The second kappa shape index (κ2) is 7.87. The fourth-order valence-electron chi connectivity index (χ4n) is 5.02. The van der Waals surface area contributed by atoms with Gasteiger partial charge < -0.3 is 11.1 Å². The van der Waals surface area contributed by atoms with Crippen LogP contribution in [0.25, 0.3) is 0 Å². The second-order valence-corrected chi connectivity index (χ2v) is 10.0. The van der Waals surface area contributed by atoms with Crippen molar-refractivity contribution in [1.82, 2.24) is 4.90 Å². The van der Waals surface area contributed by atoms with E-state index in [9.17, 15) is 9.59 Å². The number of halogens is 1. The molecule has 8 heteroatoms. The van der Waals surface area contributed by atoms with Gasteiger partial charge in [0.15, 0.2) is 0 Å². The van der Waals surface area contributed by atoms with E-state index in [2.05, 4.69) is 15.5 Å². The molecule has 5 rings (SSSR count). The van der Waals surface area contributed by atoms with Crippen LogP contribution in [0.15, 0.2) is 24.3 Å². The molecule has 2 unspecified atom stereocenters. The standard InChI is InChI=1S/C22H25ClN4O2S/c23-13-4-6-14(7-5-13)25-22(29)26-21-18(20(24)28)16-10-15-8-9-17(19(16)30-21)27(15)11-12-2-1-3-12/h4-7,12,15,17H,1-3,8-11H2,(H2,24,28)(H2,25,26,29). The molecule has 3 aliphatic rings. The van der Waals surface area contributed by atoms with Gasteiger partial charge in [-0.05, 0) is 67.9 Å². The quantitative estimate of drug-likeness (QED) is 0.605. The Hall–Kier alpha value is -2.09. The Morgan fingerprint density at radius 3 is 2.57 bits per heavy atom. The third kappa shape index (κ3) is 3.59. The molecule has 2 aliphatic heterocycles. The lowest BCUT2D eigenvalue weighted by atomic mass is 9.84. The van der Waals surface area contributed by atoms with Crippen LogP contribution in [0, 0.1) is 5.92 Å². The van der Waals surface area contributed by atoms with Crippen LogP contribution in [0.2, 0.25) is 5.02 Å². The van der Waals surface area contributed by atoms with Crippen molar-refractivity contribution < 1.29 is 9.59 Å². The van der Waals surface area contributed by atoms with E-state index in [0.29, 0.717) is 33.4 Å². The van der Waals surface area contributed by atoms with Gasteiger partial charge in [-0.25, -0.2) is 4.79 Å². The van der Waals surface area contributed by atoms with Gasteiger partial charge in [-0.1, -0.05) is 18.0 Å². The molecular weight excluding hydrogens is 420 g/mol. The summed E-state index contributed by atoms with van der Waals surface area (Å²) < 4.78 is 0. The number of fused-ring (bicyclic) bond motifs is 4. The minimum atomic E-state index is -0.471. The van der Waals surface area contributed by atoms with Crippen molar-refractivity contribution in [1.29, 1.82) is 0 Å². The highest BCUT2D eigenvalue weighted by Gasteiger charge is 2.44. The number of hydrogen-bond donors (Lipinski definition) is 3. The van der Waals surface area contributed by atoms with Crippen molar-refractivity contribution in [3.63, 3.8) is 0 Å². The van der Waals surface area contributed by atoms with Crippen molar-refractivity contribution >= 4 is 45.6 Å². The van der Waals surface area contributed by atoms with E-state index in [-0.39, 0.29) is 0 Å². The summed E-state index contributed by atoms with van der Waals surface area (Å²) in [5, 5.41) is 6.80. The van der Waals surface area contributed by atoms with Crippen molar-refractivity contribution in [2.45, 2.75) is 50.6 Å². The summed E-state index contributed by atoms with van der Waals surface area (Å²) >= 11 is 7.41. The molecule has 158 valence electrons. The van der Waals surface area contributed by atoms with Crippen molar-refractivity contribution in [2.24, 2.45) is 11.7 Å². The number of primary amides is 1. The monoisotopic (exact) mass is 444 g/mol. The Kier molecular flexibility index (Phi) is 5.21. The molecule has 2 aromatic rings. The maximum absolute atomic E-state index is 12.6. The summed E-state index contributed by atoms with van der Waals surface area (Å²) in [6.45, 7) is 1.15. The van der Waals surface area contributed by atoms with E-state index in [1.54, 1.807) is 24.3 Å². The third-order valence-electron chi connectivity index (χ3n) is 6.69. The van der Waals surface area contributed by atoms with Crippen LogP contribution in [-0.2, 0) is 6.42 Å². The zero-order valence-corrected chi connectivity index (χ0v) is 18.2. The SMILES string of the molecule is NC(=O)c1c(NC(=O)Nc2ccc(Cl)cc2)sc2c1CC1CCC2N1CC1CCC1. The number of thiophene rings is 1. The summed E-state index contributed by atoms with van der Waals surface area (Å²) in [7, 11) is 0. The smallest absolute Gasteiger partial charge is 0.324 e. The molecule has 3 heterocycles. The fraction of sp³-hybridized carbons (Fsp3) is 0.455. The van der Waals surface area contributed by atoms with Gasteiger partial charge in [0.1, 0.15) is 5.00 Å². The van der Waals surface area contributed by atoms with Crippen LogP contribution in [0.1, 0.15) is 58.9 Å². The maximum Gasteiger partial charge on any atom is 0.324 e. The number of hydrogen-bond acceptors (Lipinski definition) is 4. The van der Waals surface area contributed by atoms with E-state index < -0.39 is 11.9 Å². The van der Waals surface area contributed by atoms with Gasteiger partial charge in [0.05, 0.1) is 5.56 Å². The number of carbonyl (C=O) groups excluding carboxylic acids is 2. The van der Waals surface area contributed by atoms with E-state index in [1.165, 1.54) is 35.5 Å². The molecule has 1 aromatic carbocycles. The Bertz CT molecular complexity index is 986. The predicted octanol–water partition coefficient (Wildman–Crippen LogP) is 5.01. The van der Waals surface area contributed by atoms with Gasteiger partial charge in [-0.2, -0.15) is 0 Å². The summed E-state index contributed by atoms with van der Waals surface area (Å²) in [6.07, 6.45) is 7.12. The van der Waals surface area contributed by atoms with Crippen LogP contribution >= 0.6 is 22.9 Å². The minimum Gasteiger partial charge on any atom is -0.365 e. The minimum absolute atomic E-state index is 0.345. The highest BCUT2D eigenvalue weighted by Crippen LogP contribution is 2.51. The largest absolute Gasteiger partial charge is 0.365 e. The van der Waals surface area contributed by atoms with E-state index in [1.807, 2.05) is 0 Å². The molecule has 2 fully saturated rings. The van der Waals surface area contributed by atoms with Gasteiger partial charge in [0.2, 0.25) is 0 Å². The number of benzene rings is 1. The number of urea groups is 1. The molecule has 30 heavy (non-hydrogen) atoms. The number of rotatable bonds is 5. The zero-order chi connectivity index (χ0) is 20.8. The zero-order valence-electron chi connectivity index (χ0n) is 16.6. The second-order valence-electron chi connectivity index (χ2n) is 8.54. The fourth-order valence-corrected chi connectivity index (χ4v) is 6.54. The molecule has 0 radical (unpaired) electrons. The van der Waals surface area contributed by atoms with Crippen LogP contribution in [0.5, 0.6) is 0 Å².